The Morgan fingerprint density at radius 1 is 0.500 bits per heavy atom. The van der Waals surface area contributed by atoms with Gasteiger partial charge in [-0.3, -0.25) is 0 Å². The van der Waals surface area contributed by atoms with Crippen LogP contribution in [0.1, 0.15) is 0 Å². The number of hydrogen-bond acceptors (Lipinski definition) is 9. The van der Waals surface area contributed by atoms with Gasteiger partial charge in [-0.05, 0) is 18.5 Å². The molecule has 0 aromatic carbocycles. The summed E-state index contributed by atoms with van der Waals surface area (Å²) >= 11 is 0. The van der Waals surface area contributed by atoms with E-state index in [1.54, 1.807) is 0 Å². The zero-order valence-electron chi connectivity index (χ0n) is 6.07. The Hall–Kier alpha value is -1.02. The van der Waals surface area contributed by atoms with Crippen LogP contribution in [-0.2, 0) is 37.1 Å². The Bertz CT molecular complexity index is 116. The van der Waals surface area contributed by atoms with Crippen molar-refractivity contribution in [3.8, 4) is 0 Å². The first-order chi connectivity index (χ1) is 5.20. The molecule has 0 N–H and O–H groups in total. The average Bonchev–Trinajstić information content (AvgIpc) is 1.54. The van der Waals surface area contributed by atoms with Gasteiger partial charge >= 0.3 is 37.1 Å². The van der Waals surface area contributed by atoms with Gasteiger partial charge in [0.05, 0.1) is 0 Å². The quantitative estimate of drug-likeness (QED) is 0.415. The van der Waals surface area contributed by atoms with E-state index in [4.69, 9.17) is 45.0 Å². The third-order valence-corrected chi connectivity index (χ3v) is 0. The molecule has 0 bridgehead atoms. The first-order valence-electron chi connectivity index (χ1n) is 1.84. The maximum Gasteiger partial charge on any atom is 3.00 e. The first-order valence-corrected chi connectivity index (χ1v) is 1.84. The van der Waals surface area contributed by atoms with Crippen LogP contribution in [0.3, 0.4) is 0 Å². The second-order valence-corrected chi connectivity index (χ2v) is 0.750. The molecule has 76 valence electrons. The number of carboxylic acid groups (broad SMARTS) is 6. The monoisotopic (exact) mass is 282 g/mol. The molecule has 0 radical (unpaired) electrons. The van der Waals surface area contributed by atoms with E-state index in [2.05, 4.69) is 0 Å². The molecule has 0 heterocycles. The molecule has 0 unspecified atom stereocenters. The van der Waals surface area contributed by atoms with E-state index in [1.807, 2.05) is 0 Å². The summed E-state index contributed by atoms with van der Waals surface area (Å²) in [5.74, 6) is 0. The van der Waals surface area contributed by atoms with Crippen molar-refractivity contribution in [3.05, 3.63) is 0 Å². The predicted octanol–water partition coefficient (Wildman–Crippen LogP) is -7.35. The Morgan fingerprint density at radius 2 is 0.500 bits per heavy atom. The van der Waals surface area contributed by atoms with Gasteiger partial charge in [-0.25, -0.2) is 0 Å². The summed E-state index contributed by atoms with van der Waals surface area (Å²) in [5, 5.41) is 50.0. The first kappa shape index (κ1) is 29.3. The van der Waals surface area contributed by atoms with E-state index in [0.29, 0.717) is 0 Å². The minimum Gasteiger partial charge on any atom is -0.652 e. The topological polar surface area (TPSA) is 190 Å². The van der Waals surface area contributed by atoms with E-state index < -0.39 is 18.5 Å². The third-order valence-electron chi connectivity index (χ3n) is 0. The van der Waals surface area contributed by atoms with Gasteiger partial charge in [0.1, 0.15) is 0 Å². The van der Waals surface area contributed by atoms with Gasteiger partial charge in [0.2, 0.25) is 0 Å². The molecular formula is C3O9V2. The van der Waals surface area contributed by atoms with Crippen molar-refractivity contribution in [3.63, 3.8) is 0 Å². The minimum atomic E-state index is -2.33. The predicted molar refractivity (Wildman–Crippen MR) is 16.2 cm³/mol. The number of carbonyl (C=O) groups is 3. The van der Waals surface area contributed by atoms with Crippen molar-refractivity contribution in [2.45, 2.75) is 0 Å². The molecule has 0 fully saturated rings. The molecule has 0 atom stereocenters. The second kappa shape index (κ2) is 22.7. The average molecular weight is 282 g/mol. The normalized spacial score (nSPS) is 5.14. The van der Waals surface area contributed by atoms with Crippen LogP contribution in [0.15, 0.2) is 0 Å². The molecule has 0 aromatic heterocycles. The van der Waals surface area contributed by atoms with Crippen LogP contribution in [0.2, 0.25) is 0 Å². The zero-order chi connectivity index (χ0) is 10.7. The van der Waals surface area contributed by atoms with Gasteiger partial charge in [0.15, 0.2) is 0 Å². The molecule has 0 aromatic rings. The third kappa shape index (κ3) is 1050. The Balaban J connectivity index is -0.0000000270. The van der Waals surface area contributed by atoms with Crippen LogP contribution >= 0.6 is 0 Å². The standard InChI is InChI=1S/3CH2O3.2V/c3*2-1(3)4;;/h3*(H2,2,3,4);;/q;;;2*+3/p-6. The van der Waals surface area contributed by atoms with Crippen LogP contribution in [-0.4, -0.2) is 18.5 Å². The van der Waals surface area contributed by atoms with Crippen molar-refractivity contribution < 1.29 is 82.1 Å². The molecule has 0 saturated heterocycles. The van der Waals surface area contributed by atoms with E-state index in [0.717, 1.165) is 0 Å². The van der Waals surface area contributed by atoms with Crippen LogP contribution in [0.4, 0.5) is 14.4 Å². The van der Waals surface area contributed by atoms with E-state index in [9.17, 15) is 0 Å². The summed E-state index contributed by atoms with van der Waals surface area (Å²) in [6.45, 7) is 0. The Morgan fingerprint density at radius 3 is 0.500 bits per heavy atom. The van der Waals surface area contributed by atoms with Crippen molar-refractivity contribution in [1.29, 1.82) is 0 Å². The molecule has 14 heavy (non-hydrogen) atoms. The van der Waals surface area contributed by atoms with E-state index >= 15 is 0 Å². The molecule has 11 heteroatoms. The molecular weight excluding hydrogens is 282 g/mol. The van der Waals surface area contributed by atoms with Crippen molar-refractivity contribution in [2.24, 2.45) is 0 Å². The molecule has 0 aliphatic heterocycles. The molecule has 0 rings (SSSR count). The summed E-state index contributed by atoms with van der Waals surface area (Å²) in [7, 11) is 0. The van der Waals surface area contributed by atoms with E-state index in [-0.39, 0.29) is 37.1 Å². The zero-order valence-corrected chi connectivity index (χ0v) is 8.86. The van der Waals surface area contributed by atoms with E-state index in [1.165, 1.54) is 0 Å². The summed E-state index contributed by atoms with van der Waals surface area (Å²) in [5.41, 5.74) is 0. The molecule has 0 aliphatic carbocycles. The fourth-order valence-corrected chi connectivity index (χ4v) is 0. The van der Waals surface area contributed by atoms with Crippen molar-refractivity contribution in [2.75, 3.05) is 0 Å². The van der Waals surface area contributed by atoms with Crippen LogP contribution in [0, 0.1) is 0 Å². The van der Waals surface area contributed by atoms with Gasteiger partial charge in [-0.2, -0.15) is 0 Å². The van der Waals surface area contributed by atoms with Gasteiger partial charge in [-0.1, -0.05) is 0 Å². The van der Waals surface area contributed by atoms with Gasteiger partial charge in [0, 0.05) is 0 Å². The van der Waals surface area contributed by atoms with Gasteiger partial charge in [-0.15, -0.1) is 0 Å². The van der Waals surface area contributed by atoms with Crippen molar-refractivity contribution in [1.82, 2.24) is 0 Å². The Labute approximate surface area is 101 Å². The maximum atomic E-state index is 8.33. The van der Waals surface area contributed by atoms with Crippen LogP contribution in [0.5, 0.6) is 0 Å². The van der Waals surface area contributed by atoms with Crippen LogP contribution < -0.4 is 30.6 Å². The summed E-state index contributed by atoms with van der Waals surface area (Å²) in [4.78, 5) is 25.0. The second-order valence-electron chi connectivity index (χ2n) is 0.750. The molecule has 0 aliphatic rings. The summed E-state index contributed by atoms with van der Waals surface area (Å²) < 4.78 is 0. The summed E-state index contributed by atoms with van der Waals surface area (Å²) in [6, 6.07) is 0. The Kier molecular flexibility index (Phi) is 47.4. The number of rotatable bonds is 0. The van der Waals surface area contributed by atoms with Crippen molar-refractivity contribution >= 4 is 18.5 Å². The molecule has 9 nitrogen and oxygen atoms in total. The largest absolute Gasteiger partial charge is 3.00 e. The van der Waals surface area contributed by atoms with Crippen LogP contribution in [0.25, 0.3) is 0 Å². The number of carbonyl (C=O) groups excluding carboxylic acids is 3. The number of hydrogen-bond donors (Lipinski definition) is 0. The fraction of sp³-hybridized carbons (Fsp3) is 0. The van der Waals surface area contributed by atoms with Gasteiger partial charge in [0.25, 0.3) is 0 Å². The SMILES string of the molecule is O=C([O-])[O-].O=C([O-])[O-].O=C([O-])[O-].[V+3].[V+3]. The molecule has 0 amide bonds. The minimum absolute atomic E-state index is 0. The molecule has 0 spiro atoms. The maximum absolute atomic E-state index is 8.33. The summed E-state index contributed by atoms with van der Waals surface area (Å²) in [6.07, 6.45) is -7.00. The van der Waals surface area contributed by atoms with Gasteiger partial charge < -0.3 is 45.0 Å². The smallest absolute Gasteiger partial charge is 0.652 e. The fourth-order valence-electron chi connectivity index (χ4n) is 0. The molecule has 0 saturated carbocycles.